The Bertz CT molecular complexity index is 238. The summed E-state index contributed by atoms with van der Waals surface area (Å²) in [7, 11) is 0. The molecule has 58 valence electrons. The average Bonchev–Trinajstić information content (AvgIpc) is 2.04. The molecule has 2 heteroatoms. The topological polar surface area (TPSA) is 32.6 Å². The van der Waals surface area contributed by atoms with Gasteiger partial charge in [0.15, 0.2) is 0 Å². The van der Waals surface area contributed by atoms with E-state index in [2.05, 4.69) is 4.99 Å². The Labute approximate surface area is 66.2 Å². The van der Waals surface area contributed by atoms with E-state index < -0.39 is 0 Å². The fourth-order valence-electron chi connectivity index (χ4n) is 0.757. The highest BCUT2D eigenvalue weighted by Crippen LogP contribution is 2.07. The van der Waals surface area contributed by atoms with Crippen LogP contribution in [0.25, 0.3) is 0 Å². The van der Waals surface area contributed by atoms with Crippen LogP contribution in [0.1, 0.15) is 12.5 Å². The molecule has 1 aromatic carbocycles. The molecule has 0 fully saturated rings. The molecule has 0 radical (unpaired) electrons. The zero-order chi connectivity index (χ0) is 8.10. The SMILES string of the molecule is CCN=Cc1ccc(O)cc1. The maximum Gasteiger partial charge on any atom is 0.115 e. The summed E-state index contributed by atoms with van der Waals surface area (Å²) in [6.07, 6.45) is 1.79. The van der Waals surface area contributed by atoms with Crippen LogP contribution < -0.4 is 0 Å². The predicted octanol–water partition coefficient (Wildman–Crippen LogP) is 1.83. The van der Waals surface area contributed by atoms with Crippen molar-refractivity contribution in [2.75, 3.05) is 6.54 Å². The Kier molecular flexibility index (Phi) is 2.66. The molecule has 0 aliphatic rings. The highest BCUT2D eigenvalue weighted by atomic mass is 16.3. The summed E-state index contributed by atoms with van der Waals surface area (Å²) in [5.74, 6) is 0.290. The minimum Gasteiger partial charge on any atom is -0.508 e. The van der Waals surface area contributed by atoms with Crippen LogP contribution in [0, 0.1) is 0 Å². The van der Waals surface area contributed by atoms with Gasteiger partial charge in [0.25, 0.3) is 0 Å². The molecule has 0 saturated heterocycles. The lowest BCUT2D eigenvalue weighted by Gasteiger charge is -1.92. The maximum absolute atomic E-state index is 8.94. The average molecular weight is 149 g/mol. The van der Waals surface area contributed by atoms with Gasteiger partial charge in [-0.2, -0.15) is 0 Å². The normalized spacial score (nSPS) is 10.6. The summed E-state index contributed by atoms with van der Waals surface area (Å²) < 4.78 is 0. The van der Waals surface area contributed by atoms with Gasteiger partial charge in [0, 0.05) is 12.8 Å². The van der Waals surface area contributed by atoms with E-state index in [0.29, 0.717) is 5.75 Å². The van der Waals surface area contributed by atoms with E-state index in [9.17, 15) is 0 Å². The predicted molar refractivity (Wildman–Crippen MR) is 46.2 cm³/mol. The Balaban J connectivity index is 2.73. The maximum atomic E-state index is 8.94. The van der Waals surface area contributed by atoms with Gasteiger partial charge in [-0.05, 0) is 36.8 Å². The minimum absolute atomic E-state index is 0.290. The van der Waals surface area contributed by atoms with E-state index in [1.165, 1.54) is 0 Å². The minimum atomic E-state index is 0.290. The van der Waals surface area contributed by atoms with E-state index in [1.807, 2.05) is 19.1 Å². The van der Waals surface area contributed by atoms with Crippen molar-refractivity contribution in [3.63, 3.8) is 0 Å². The Morgan fingerprint density at radius 2 is 2.00 bits per heavy atom. The second kappa shape index (κ2) is 3.76. The molecule has 0 bridgehead atoms. The molecule has 1 rings (SSSR count). The lowest BCUT2D eigenvalue weighted by Crippen LogP contribution is -1.79. The van der Waals surface area contributed by atoms with Crippen molar-refractivity contribution in [3.05, 3.63) is 29.8 Å². The molecule has 0 amide bonds. The highest BCUT2D eigenvalue weighted by molar-refractivity contribution is 5.79. The molecule has 2 nitrogen and oxygen atoms in total. The first-order valence-electron chi connectivity index (χ1n) is 3.62. The third kappa shape index (κ3) is 2.42. The summed E-state index contributed by atoms with van der Waals surface area (Å²) in [5.41, 5.74) is 1.02. The van der Waals surface area contributed by atoms with Gasteiger partial charge in [-0.25, -0.2) is 0 Å². The first-order chi connectivity index (χ1) is 5.33. The van der Waals surface area contributed by atoms with Crippen molar-refractivity contribution < 1.29 is 5.11 Å². The summed E-state index contributed by atoms with van der Waals surface area (Å²) in [4.78, 5) is 4.07. The molecule has 0 saturated carbocycles. The lowest BCUT2D eigenvalue weighted by atomic mass is 10.2. The summed E-state index contributed by atoms with van der Waals surface area (Å²) in [5, 5.41) is 8.94. The van der Waals surface area contributed by atoms with Crippen molar-refractivity contribution in [2.45, 2.75) is 6.92 Å². The van der Waals surface area contributed by atoms with E-state index >= 15 is 0 Å². The Hall–Kier alpha value is -1.31. The summed E-state index contributed by atoms with van der Waals surface area (Å²) in [6.45, 7) is 2.78. The quantitative estimate of drug-likeness (QED) is 0.639. The van der Waals surface area contributed by atoms with Crippen LogP contribution in [-0.2, 0) is 0 Å². The molecule has 0 aliphatic heterocycles. The molecule has 1 aromatic rings. The number of nitrogens with zero attached hydrogens (tertiary/aromatic N) is 1. The zero-order valence-corrected chi connectivity index (χ0v) is 6.49. The van der Waals surface area contributed by atoms with Gasteiger partial charge in [-0.1, -0.05) is 0 Å². The smallest absolute Gasteiger partial charge is 0.115 e. The van der Waals surface area contributed by atoms with Crippen molar-refractivity contribution in [1.82, 2.24) is 0 Å². The molecule has 0 heterocycles. The van der Waals surface area contributed by atoms with Crippen LogP contribution in [0.3, 0.4) is 0 Å². The molecule has 11 heavy (non-hydrogen) atoms. The Morgan fingerprint density at radius 1 is 1.36 bits per heavy atom. The molecular weight excluding hydrogens is 138 g/mol. The second-order valence-corrected chi connectivity index (χ2v) is 2.22. The standard InChI is InChI=1S/C9H11NO/c1-2-10-7-8-3-5-9(11)6-4-8/h3-7,11H,2H2,1H3. The number of aliphatic imine (C=N–C) groups is 1. The van der Waals surface area contributed by atoms with Crippen LogP contribution in [0.15, 0.2) is 29.3 Å². The first-order valence-corrected chi connectivity index (χ1v) is 3.62. The van der Waals surface area contributed by atoms with Crippen LogP contribution in [0.2, 0.25) is 0 Å². The molecule has 0 aliphatic carbocycles. The van der Waals surface area contributed by atoms with Gasteiger partial charge < -0.3 is 5.11 Å². The Morgan fingerprint density at radius 3 is 2.55 bits per heavy atom. The van der Waals surface area contributed by atoms with E-state index in [4.69, 9.17) is 5.11 Å². The highest BCUT2D eigenvalue weighted by Gasteiger charge is 1.86. The molecule has 0 atom stereocenters. The molecule has 0 aromatic heterocycles. The first kappa shape index (κ1) is 7.79. The van der Waals surface area contributed by atoms with Crippen molar-refractivity contribution in [1.29, 1.82) is 0 Å². The number of aromatic hydroxyl groups is 1. The van der Waals surface area contributed by atoms with E-state index in [-0.39, 0.29) is 0 Å². The number of phenolic OH excluding ortho intramolecular Hbond substituents is 1. The fraction of sp³-hybridized carbons (Fsp3) is 0.222. The summed E-state index contributed by atoms with van der Waals surface area (Å²) >= 11 is 0. The molecular formula is C9H11NO. The second-order valence-electron chi connectivity index (χ2n) is 2.22. The fourth-order valence-corrected chi connectivity index (χ4v) is 0.757. The number of hydrogen-bond donors (Lipinski definition) is 1. The third-order valence-corrected chi connectivity index (χ3v) is 1.32. The van der Waals surface area contributed by atoms with Crippen LogP contribution in [0.5, 0.6) is 5.75 Å². The van der Waals surface area contributed by atoms with Crippen molar-refractivity contribution >= 4 is 6.21 Å². The van der Waals surface area contributed by atoms with Crippen LogP contribution in [0.4, 0.5) is 0 Å². The van der Waals surface area contributed by atoms with Gasteiger partial charge >= 0.3 is 0 Å². The number of rotatable bonds is 2. The zero-order valence-electron chi connectivity index (χ0n) is 6.49. The van der Waals surface area contributed by atoms with E-state index in [1.54, 1.807) is 18.3 Å². The van der Waals surface area contributed by atoms with Gasteiger partial charge in [0.05, 0.1) is 0 Å². The van der Waals surface area contributed by atoms with Gasteiger partial charge in [-0.15, -0.1) is 0 Å². The van der Waals surface area contributed by atoms with E-state index in [0.717, 1.165) is 12.1 Å². The number of benzene rings is 1. The van der Waals surface area contributed by atoms with Gasteiger partial charge in [0.2, 0.25) is 0 Å². The van der Waals surface area contributed by atoms with Crippen molar-refractivity contribution in [3.8, 4) is 5.75 Å². The van der Waals surface area contributed by atoms with Crippen molar-refractivity contribution in [2.24, 2.45) is 4.99 Å². The van der Waals surface area contributed by atoms with Gasteiger partial charge in [0.1, 0.15) is 5.75 Å². The van der Waals surface area contributed by atoms with Gasteiger partial charge in [-0.3, -0.25) is 4.99 Å². The third-order valence-electron chi connectivity index (χ3n) is 1.32. The largest absolute Gasteiger partial charge is 0.508 e. The van der Waals surface area contributed by atoms with Crippen LogP contribution >= 0.6 is 0 Å². The molecule has 1 N–H and O–H groups in total. The number of phenols is 1. The molecule has 0 unspecified atom stereocenters. The summed E-state index contributed by atoms with van der Waals surface area (Å²) in [6, 6.07) is 6.96. The monoisotopic (exact) mass is 149 g/mol. The lowest BCUT2D eigenvalue weighted by molar-refractivity contribution is 0.475. The van der Waals surface area contributed by atoms with Crippen LogP contribution in [-0.4, -0.2) is 17.9 Å². The number of hydrogen-bond acceptors (Lipinski definition) is 2. The molecule has 0 spiro atoms.